The second-order valence-corrected chi connectivity index (χ2v) is 6.35. The predicted molar refractivity (Wildman–Crippen MR) is 110 cm³/mol. The van der Waals surface area contributed by atoms with Gasteiger partial charge in [0, 0.05) is 37.7 Å². The molecule has 0 radical (unpaired) electrons. The van der Waals surface area contributed by atoms with Crippen molar-refractivity contribution in [3.8, 4) is 5.75 Å². The second kappa shape index (κ2) is 10.7. The number of hydrogen-bond acceptors (Lipinski definition) is 6. The molecule has 3 N–H and O–H groups in total. The highest BCUT2D eigenvalue weighted by Gasteiger charge is 2.22. The van der Waals surface area contributed by atoms with Crippen LogP contribution in [0, 0.1) is 0 Å². The topological polar surface area (TPSA) is 83.3 Å². The lowest BCUT2D eigenvalue weighted by atomic mass is 10.2. The highest BCUT2D eigenvalue weighted by Crippen LogP contribution is 2.19. The smallest absolute Gasteiger partial charge is 0.246 e. The molecule has 1 aliphatic rings. The number of ether oxygens (including phenoxy) is 1. The van der Waals surface area contributed by atoms with E-state index >= 15 is 0 Å². The standard InChI is InChI=1S/C16H23ClN6O.2ClH/c1-2-13(24-14-5-3-12(17)4-6-14)11-22-7-9-23(10-8-22)16-19-15(18)20-21-16;;/h3-6,13H,2,7-11H2,1H3,(H3,18,19,20,21);2*1H. The predicted octanol–water partition coefficient (Wildman–Crippen LogP) is 2.86. The maximum atomic E-state index is 6.08. The van der Waals surface area contributed by atoms with Gasteiger partial charge in [0.05, 0.1) is 0 Å². The highest BCUT2D eigenvalue weighted by atomic mass is 35.5. The number of aromatic amines is 1. The normalized spacial score (nSPS) is 15.7. The molecule has 2 heterocycles. The lowest BCUT2D eigenvalue weighted by Crippen LogP contribution is -2.49. The van der Waals surface area contributed by atoms with Crippen molar-refractivity contribution in [2.75, 3.05) is 43.4 Å². The number of benzene rings is 1. The van der Waals surface area contributed by atoms with E-state index in [1.54, 1.807) is 0 Å². The van der Waals surface area contributed by atoms with Crippen molar-refractivity contribution in [3.05, 3.63) is 29.3 Å². The molecule has 2 aromatic rings. The van der Waals surface area contributed by atoms with Gasteiger partial charge in [-0.3, -0.25) is 4.90 Å². The van der Waals surface area contributed by atoms with Gasteiger partial charge in [-0.05, 0) is 30.7 Å². The molecule has 0 amide bonds. The van der Waals surface area contributed by atoms with E-state index in [1.807, 2.05) is 24.3 Å². The fraction of sp³-hybridized carbons (Fsp3) is 0.500. The average Bonchev–Trinajstić information content (AvgIpc) is 3.03. The molecule has 1 aromatic carbocycles. The summed E-state index contributed by atoms with van der Waals surface area (Å²) in [7, 11) is 0. The first-order valence-corrected chi connectivity index (χ1v) is 8.59. The van der Waals surface area contributed by atoms with Gasteiger partial charge < -0.3 is 15.4 Å². The van der Waals surface area contributed by atoms with Crippen LogP contribution in [0.5, 0.6) is 5.75 Å². The molecule has 1 aliphatic heterocycles. The van der Waals surface area contributed by atoms with E-state index in [1.165, 1.54) is 0 Å². The zero-order valence-electron chi connectivity index (χ0n) is 14.6. The molecule has 1 atom stereocenters. The zero-order valence-corrected chi connectivity index (χ0v) is 17.0. The van der Waals surface area contributed by atoms with Crippen LogP contribution >= 0.6 is 36.4 Å². The zero-order chi connectivity index (χ0) is 16.9. The Hall–Kier alpha value is -1.41. The molecule has 1 saturated heterocycles. The van der Waals surface area contributed by atoms with Crippen LogP contribution in [0.1, 0.15) is 13.3 Å². The highest BCUT2D eigenvalue weighted by molar-refractivity contribution is 6.30. The number of H-pyrrole nitrogens is 1. The van der Waals surface area contributed by atoms with Gasteiger partial charge in [0.25, 0.3) is 0 Å². The average molecular weight is 424 g/mol. The Morgan fingerprint density at radius 3 is 2.38 bits per heavy atom. The molecule has 0 aliphatic carbocycles. The van der Waals surface area contributed by atoms with Crippen LogP contribution in [0.15, 0.2) is 24.3 Å². The van der Waals surface area contributed by atoms with Crippen LogP contribution in [-0.2, 0) is 0 Å². The van der Waals surface area contributed by atoms with Crippen molar-refractivity contribution in [3.63, 3.8) is 0 Å². The molecule has 26 heavy (non-hydrogen) atoms. The Kier molecular flexibility index (Phi) is 9.29. The SMILES string of the molecule is CCC(CN1CCN(c2n[nH]c(N)n2)CC1)Oc1ccc(Cl)cc1.Cl.Cl. The molecule has 0 saturated carbocycles. The van der Waals surface area contributed by atoms with Crippen molar-refractivity contribution >= 4 is 48.3 Å². The van der Waals surface area contributed by atoms with Crippen molar-refractivity contribution in [1.82, 2.24) is 20.1 Å². The Bertz CT molecular complexity index is 646. The number of aromatic nitrogens is 3. The van der Waals surface area contributed by atoms with Crippen LogP contribution in [0.2, 0.25) is 5.02 Å². The first-order valence-electron chi connectivity index (χ1n) is 8.21. The summed E-state index contributed by atoms with van der Waals surface area (Å²) >= 11 is 5.91. The molecule has 0 bridgehead atoms. The fourth-order valence-electron chi connectivity index (χ4n) is 2.78. The van der Waals surface area contributed by atoms with E-state index in [9.17, 15) is 0 Å². The summed E-state index contributed by atoms with van der Waals surface area (Å²) in [6, 6.07) is 7.53. The number of halogens is 3. The van der Waals surface area contributed by atoms with Crippen LogP contribution < -0.4 is 15.4 Å². The maximum absolute atomic E-state index is 6.08. The number of nitrogens with zero attached hydrogens (tertiary/aromatic N) is 4. The van der Waals surface area contributed by atoms with Gasteiger partial charge in [0.2, 0.25) is 11.9 Å². The summed E-state index contributed by atoms with van der Waals surface area (Å²) in [5.74, 6) is 1.90. The summed E-state index contributed by atoms with van der Waals surface area (Å²) in [5, 5.41) is 7.52. The molecule has 146 valence electrons. The lowest BCUT2D eigenvalue weighted by Gasteiger charge is -2.35. The third-order valence-electron chi connectivity index (χ3n) is 4.18. The van der Waals surface area contributed by atoms with Gasteiger partial charge in [-0.15, -0.1) is 29.9 Å². The minimum absolute atomic E-state index is 0. The molecule has 7 nitrogen and oxygen atoms in total. The maximum Gasteiger partial charge on any atom is 0.246 e. The van der Waals surface area contributed by atoms with Gasteiger partial charge in [-0.1, -0.05) is 18.5 Å². The van der Waals surface area contributed by atoms with E-state index in [-0.39, 0.29) is 30.9 Å². The third-order valence-corrected chi connectivity index (χ3v) is 4.43. The molecule has 1 aromatic heterocycles. The molecular formula is C16H25Cl3N6O. The van der Waals surface area contributed by atoms with Crippen molar-refractivity contribution < 1.29 is 4.74 Å². The largest absolute Gasteiger partial charge is 0.489 e. The summed E-state index contributed by atoms with van der Waals surface area (Å²) in [6.45, 7) is 6.73. The quantitative estimate of drug-likeness (QED) is 0.743. The molecular weight excluding hydrogens is 399 g/mol. The van der Waals surface area contributed by atoms with E-state index in [2.05, 4.69) is 31.9 Å². The van der Waals surface area contributed by atoms with Crippen LogP contribution in [0.25, 0.3) is 0 Å². The lowest BCUT2D eigenvalue weighted by molar-refractivity contribution is 0.124. The molecule has 0 spiro atoms. The summed E-state index contributed by atoms with van der Waals surface area (Å²) < 4.78 is 6.08. The van der Waals surface area contributed by atoms with E-state index < -0.39 is 0 Å². The Morgan fingerprint density at radius 1 is 1.19 bits per heavy atom. The summed E-state index contributed by atoms with van der Waals surface area (Å²) in [4.78, 5) is 8.74. The van der Waals surface area contributed by atoms with E-state index in [0.29, 0.717) is 11.9 Å². The first kappa shape index (κ1) is 22.6. The Balaban J connectivity index is 0.00000169. The van der Waals surface area contributed by atoms with Crippen LogP contribution in [0.4, 0.5) is 11.9 Å². The number of hydrogen-bond donors (Lipinski definition) is 2. The number of anilines is 2. The molecule has 1 fully saturated rings. The minimum Gasteiger partial charge on any atom is -0.489 e. The first-order chi connectivity index (χ1) is 11.6. The van der Waals surface area contributed by atoms with E-state index in [0.717, 1.165) is 49.9 Å². The second-order valence-electron chi connectivity index (χ2n) is 5.91. The monoisotopic (exact) mass is 422 g/mol. The summed E-state index contributed by atoms with van der Waals surface area (Å²) in [6.07, 6.45) is 1.12. The van der Waals surface area contributed by atoms with Gasteiger partial charge in [0.1, 0.15) is 11.9 Å². The van der Waals surface area contributed by atoms with Crippen molar-refractivity contribution in [2.24, 2.45) is 0 Å². The Morgan fingerprint density at radius 2 is 1.85 bits per heavy atom. The number of nitrogens with one attached hydrogen (secondary N) is 1. The number of piperazine rings is 1. The number of nitrogen functional groups attached to an aromatic ring is 1. The number of rotatable bonds is 6. The molecule has 3 rings (SSSR count). The van der Waals surface area contributed by atoms with Crippen LogP contribution in [-0.4, -0.2) is 58.9 Å². The third kappa shape index (κ3) is 6.09. The number of nitrogens with two attached hydrogens (primary N) is 1. The molecule has 10 heteroatoms. The fourth-order valence-corrected chi connectivity index (χ4v) is 2.91. The molecule has 1 unspecified atom stereocenters. The van der Waals surface area contributed by atoms with Gasteiger partial charge in [0.15, 0.2) is 0 Å². The van der Waals surface area contributed by atoms with Gasteiger partial charge in [-0.2, -0.15) is 4.98 Å². The van der Waals surface area contributed by atoms with Crippen molar-refractivity contribution in [2.45, 2.75) is 19.4 Å². The minimum atomic E-state index is 0. The van der Waals surface area contributed by atoms with Crippen molar-refractivity contribution in [1.29, 1.82) is 0 Å². The Labute approximate surface area is 171 Å². The van der Waals surface area contributed by atoms with Gasteiger partial charge in [-0.25, -0.2) is 5.10 Å². The summed E-state index contributed by atoms with van der Waals surface area (Å²) in [5.41, 5.74) is 5.59. The van der Waals surface area contributed by atoms with Gasteiger partial charge >= 0.3 is 0 Å². The van der Waals surface area contributed by atoms with E-state index in [4.69, 9.17) is 22.1 Å². The van der Waals surface area contributed by atoms with Crippen LogP contribution in [0.3, 0.4) is 0 Å².